The molecule has 6 heteroatoms. The quantitative estimate of drug-likeness (QED) is 0.328. The molecule has 0 aliphatic carbocycles. The van der Waals surface area contributed by atoms with Crippen LogP contribution in [0, 0.1) is 0 Å². The zero-order chi connectivity index (χ0) is 16.6. The summed E-state index contributed by atoms with van der Waals surface area (Å²) in [4.78, 5) is 4.61. The third-order valence-electron chi connectivity index (χ3n) is 3.20. The Morgan fingerprint density at radius 3 is 2.83 bits per heavy atom. The predicted octanol–water partition coefficient (Wildman–Crippen LogP) is 2.93. The minimum absolute atomic E-state index is 0.779. The highest BCUT2D eigenvalue weighted by Crippen LogP contribution is 1.99. The first-order valence-corrected chi connectivity index (χ1v) is 9.87. The number of ether oxygens (including phenoxy) is 1. The van der Waals surface area contributed by atoms with Crippen LogP contribution in [0.25, 0.3) is 0 Å². The maximum absolute atomic E-state index is 5.56. The van der Waals surface area contributed by atoms with Crippen LogP contribution in [0.4, 0.5) is 0 Å². The minimum Gasteiger partial charge on any atom is -0.469 e. The van der Waals surface area contributed by atoms with Crippen LogP contribution in [0.5, 0.6) is 0 Å². The van der Waals surface area contributed by atoms with Gasteiger partial charge in [-0.25, -0.2) is 0 Å². The number of unbranched alkanes of at least 4 members (excludes halogenated alkanes) is 1. The Morgan fingerprint density at radius 2 is 2.09 bits per heavy atom. The number of furan rings is 1. The molecule has 0 amide bonds. The molecule has 0 saturated heterocycles. The number of rotatable bonds is 13. The monoisotopic (exact) mass is 341 g/mol. The highest BCUT2D eigenvalue weighted by molar-refractivity contribution is 7.98. The number of nitrogens with one attached hydrogen (secondary N) is 2. The summed E-state index contributed by atoms with van der Waals surface area (Å²) in [6.07, 6.45) is 7.95. The van der Waals surface area contributed by atoms with Crippen molar-refractivity contribution in [1.29, 1.82) is 0 Å². The lowest BCUT2D eigenvalue weighted by atomic mass is 10.3. The fraction of sp³-hybridized carbons (Fsp3) is 0.706. The number of hydrogen-bond acceptors (Lipinski definition) is 4. The molecule has 1 rings (SSSR count). The second kappa shape index (κ2) is 14.5. The highest BCUT2D eigenvalue weighted by Gasteiger charge is 2.00. The van der Waals surface area contributed by atoms with Gasteiger partial charge in [-0.1, -0.05) is 13.3 Å². The molecule has 0 fully saturated rings. The van der Waals surface area contributed by atoms with E-state index in [1.165, 1.54) is 6.42 Å². The van der Waals surface area contributed by atoms with E-state index in [-0.39, 0.29) is 0 Å². The Labute approximate surface area is 144 Å². The van der Waals surface area contributed by atoms with Crippen LogP contribution in [0.2, 0.25) is 0 Å². The van der Waals surface area contributed by atoms with Gasteiger partial charge < -0.3 is 19.8 Å². The smallest absolute Gasteiger partial charge is 0.191 e. The van der Waals surface area contributed by atoms with E-state index in [4.69, 9.17) is 9.15 Å². The van der Waals surface area contributed by atoms with Crippen LogP contribution in [0.1, 0.15) is 31.9 Å². The number of nitrogens with zero attached hydrogens (tertiary/aromatic N) is 1. The molecule has 23 heavy (non-hydrogen) atoms. The summed E-state index contributed by atoms with van der Waals surface area (Å²) in [6, 6.07) is 3.91. The van der Waals surface area contributed by atoms with Gasteiger partial charge >= 0.3 is 0 Å². The summed E-state index contributed by atoms with van der Waals surface area (Å²) in [6.45, 7) is 6.33. The van der Waals surface area contributed by atoms with E-state index in [0.29, 0.717) is 0 Å². The number of guanidine groups is 1. The number of hydrogen-bond donors (Lipinski definition) is 2. The second-order valence-electron chi connectivity index (χ2n) is 5.23. The van der Waals surface area contributed by atoms with Gasteiger partial charge in [-0.05, 0) is 31.2 Å². The number of aliphatic imine (C=N–C) groups is 1. The third-order valence-corrected chi connectivity index (χ3v) is 3.81. The van der Waals surface area contributed by atoms with Crippen molar-refractivity contribution >= 4 is 17.7 Å². The van der Waals surface area contributed by atoms with Gasteiger partial charge in [-0.3, -0.25) is 4.99 Å². The van der Waals surface area contributed by atoms with Crippen molar-refractivity contribution in [3.05, 3.63) is 24.2 Å². The van der Waals surface area contributed by atoms with Gasteiger partial charge in [0.25, 0.3) is 0 Å². The fourth-order valence-corrected chi connectivity index (χ4v) is 2.22. The maximum atomic E-state index is 5.56. The van der Waals surface area contributed by atoms with E-state index in [2.05, 4.69) is 28.8 Å². The molecule has 1 aromatic heterocycles. The van der Waals surface area contributed by atoms with Crippen molar-refractivity contribution in [2.45, 2.75) is 32.6 Å². The minimum atomic E-state index is 0.779. The maximum Gasteiger partial charge on any atom is 0.191 e. The first kappa shape index (κ1) is 19.9. The first-order chi connectivity index (χ1) is 11.4. The molecule has 0 atom stereocenters. The molecule has 0 aliphatic heterocycles. The Morgan fingerprint density at radius 1 is 1.26 bits per heavy atom. The molecular weight excluding hydrogens is 310 g/mol. The molecule has 1 aromatic rings. The highest BCUT2D eigenvalue weighted by atomic mass is 32.2. The lowest BCUT2D eigenvalue weighted by molar-refractivity contribution is 0.130. The Kier molecular flexibility index (Phi) is 12.5. The molecule has 1 heterocycles. The summed E-state index contributed by atoms with van der Waals surface area (Å²) in [5, 5.41) is 6.72. The summed E-state index contributed by atoms with van der Waals surface area (Å²) in [5.41, 5.74) is 0. The van der Waals surface area contributed by atoms with Crippen molar-refractivity contribution in [3.63, 3.8) is 0 Å². The zero-order valence-electron chi connectivity index (χ0n) is 14.5. The van der Waals surface area contributed by atoms with Crippen molar-refractivity contribution in [2.75, 3.05) is 44.9 Å². The molecule has 0 aromatic carbocycles. The lowest BCUT2D eigenvalue weighted by Crippen LogP contribution is -2.39. The molecule has 0 spiro atoms. The molecule has 0 unspecified atom stereocenters. The van der Waals surface area contributed by atoms with Crippen molar-refractivity contribution in [2.24, 2.45) is 4.99 Å². The van der Waals surface area contributed by atoms with Crippen LogP contribution in [-0.2, 0) is 11.2 Å². The van der Waals surface area contributed by atoms with Gasteiger partial charge in [-0.15, -0.1) is 0 Å². The van der Waals surface area contributed by atoms with E-state index in [1.807, 2.05) is 23.9 Å². The molecule has 0 aliphatic rings. The van der Waals surface area contributed by atoms with Gasteiger partial charge in [-0.2, -0.15) is 11.8 Å². The predicted molar refractivity (Wildman–Crippen MR) is 99.4 cm³/mol. The van der Waals surface area contributed by atoms with E-state index >= 15 is 0 Å². The standard InChI is InChI=1S/C17H31N3O2S/c1-3-4-12-21-13-6-9-18-17(20-11-15-23-2)19-10-8-16-7-5-14-22-16/h5,7,14H,3-4,6,8-13,15H2,1-2H3,(H2,18,19,20). The summed E-state index contributed by atoms with van der Waals surface area (Å²) in [7, 11) is 0. The van der Waals surface area contributed by atoms with Gasteiger partial charge in [0, 0.05) is 45.0 Å². The second-order valence-corrected chi connectivity index (χ2v) is 6.21. The van der Waals surface area contributed by atoms with Crippen LogP contribution in [0.3, 0.4) is 0 Å². The normalized spacial score (nSPS) is 11.7. The fourth-order valence-electron chi connectivity index (χ4n) is 1.91. The van der Waals surface area contributed by atoms with Gasteiger partial charge in [0.1, 0.15) is 5.76 Å². The topological polar surface area (TPSA) is 58.8 Å². The third kappa shape index (κ3) is 11.1. The summed E-state index contributed by atoms with van der Waals surface area (Å²) < 4.78 is 10.9. The lowest BCUT2D eigenvalue weighted by Gasteiger charge is -2.12. The Hall–Kier alpha value is -1.14. The summed E-state index contributed by atoms with van der Waals surface area (Å²) in [5.74, 6) is 2.93. The van der Waals surface area contributed by atoms with Crippen molar-refractivity contribution < 1.29 is 9.15 Å². The zero-order valence-corrected chi connectivity index (χ0v) is 15.3. The molecular formula is C17H31N3O2S. The van der Waals surface area contributed by atoms with E-state index in [1.54, 1.807) is 6.26 Å². The van der Waals surface area contributed by atoms with Crippen LogP contribution in [0.15, 0.2) is 27.8 Å². The van der Waals surface area contributed by atoms with Gasteiger partial charge in [0.15, 0.2) is 5.96 Å². The largest absolute Gasteiger partial charge is 0.469 e. The van der Waals surface area contributed by atoms with E-state index < -0.39 is 0 Å². The SMILES string of the molecule is CCCCOCCCN=C(NCCSC)NCCc1ccco1. The van der Waals surface area contributed by atoms with Crippen LogP contribution in [-0.4, -0.2) is 50.8 Å². The van der Waals surface area contributed by atoms with Crippen LogP contribution < -0.4 is 10.6 Å². The first-order valence-electron chi connectivity index (χ1n) is 8.48. The Bertz CT molecular complexity index is 397. The van der Waals surface area contributed by atoms with Gasteiger partial charge in [0.05, 0.1) is 6.26 Å². The average Bonchev–Trinajstić information content (AvgIpc) is 3.07. The van der Waals surface area contributed by atoms with Crippen LogP contribution >= 0.6 is 11.8 Å². The molecule has 5 nitrogen and oxygen atoms in total. The van der Waals surface area contributed by atoms with E-state index in [0.717, 1.165) is 69.6 Å². The summed E-state index contributed by atoms with van der Waals surface area (Å²) >= 11 is 1.82. The van der Waals surface area contributed by atoms with E-state index in [9.17, 15) is 0 Å². The molecule has 0 bridgehead atoms. The molecule has 132 valence electrons. The van der Waals surface area contributed by atoms with Gasteiger partial charge in [0.2, 0.25) is 0 Å². The molecule has 2 N–H and O–H groups in total. The molecule has 0 radical (unpaired) electrons. The van der Waals surface area contributed by atoms with Crippen molar-refractivity contribution in [3.8, 4) is 0 Å². The number of thioether (sulfide) groups is 1. The average molecular weight is 342 g/mol. The molecule has 0 saturated carbocycles. The van der Waals surface area contributed by atoms with Crippen molar-refractivity contribution in [1.82, 2.24) is 10.6 Å². The Balaban J connectivity index is 2.21.